The van der Waals surface area contributed by atoms with Crippen LogP contribution in [0, 0.1) is 13.8 Å². The van der Waals surface area contributed by atoms with Crippen molar-refractivity contribution in [2.75, 3.05) is 18.4 Å². The Morgan fingerprint density at radius 1 is 1.58 bits per heavy atom. The van der Waals surface area contributed by atoms with Crippen LogP contribution in [0.25, 0.3) is 0 Å². The van der Waals surface area contributed by atoms with Gasteiger partial charge in [0.1, 0.15) is 5.82 Å². The highest BCUT2D eigenvalue weighted by atomic mass is 16.1. The Bertz CT molecular complexity index is 467. The summed E-state index contributed by atoms with van der Waals surface area (Å²) in [5, 5.41) is 6.70. The summed E-state index contributed by atoms with van der Waals surface area (Å²) < 4.78 is 0. The average Bonchev–Trinajstić information content (AvgIpc) is 2.80. The van der Waals surface area contributed by atoms with Gasteiger partial charge in [-0.3, -0.25) is 4.79 Å². The molecule has 2 rings (SSSR count). The van der Waals surface area contributed by atoms with Crippen LogP contribution < -0.4 is 16.4 Å². The van der Waals surface area contributed by atoms with Gasteiger partial charge in [-0.2, -0.15) is 0 Å². The van der Waals surface area contributed by atoms with Gasteiger partial charge in [-0.25, -0.2) is 4.98 Å². The summed E-state index contributed by atoms with van der Waals surface area (Å²) in [5.74, 6) is 0.189. The first-order chi connectivity index (χ1) is 9.08. The summed E-state index contributed by atoms with van der Waals surface area (Å²) in [6.07, 6.45) is 3.51. The van der Waals surface area contributed by atoms with Gasteiger partial charge >= 0.3 is 0 Å². The van der Waals surface area contributed by atoms with Crippen LogP contribution in [-0.2, 0) is 0 Å². The fourth-order valence-electron chi connectivity index (χ4n) is 2.64. The Kier molecular flexibility index (Phi) is 4.37. The van der Waals surface area contributed by atoms with E-state index >= 15 is 0 Å². The van der Waals surface area contributed by atoms with Crippen LogP contribution in [-0.4, -0.2) is 30.0 Å². The molecule has 1 aliphatic heterocycles. The smallest absolute Gasteiger partial charge is 0.252 e. The second kappa shape index (κ2) is 6.02. The molecule has 1 amide bonds. The number of nitrogens with zero attached hydrogens (tertiary/aromatic N) is 1. The summed E-state index contributed by atoms with van der Waals surface area (Å²) in [6, 6.07) is 2.46. The third kappa shape index (κ3) is 3.44. The molecule has 4 N–H and O–H groups in total. The molecular formula is C14H22N4O. The number of hydrogen-bond donors (Lipinski definition) is 3. The van der Waals surface area contributed by atoms with Gasteiger partial charge in [-0.1, -0.05) is 0 Å². The van der Waals surface area contributed by atoms with Crippen LogP contribution in [0.3, 0.4) is 0 Å². The fourth-order valence-corrected chi connectivity index (χ4v) is 2.64. The lowest BCUT2D eigenvalue weighted by Crippen LogP contribution is -2.25. The van der Waals surface area contributed by atoms with E-state index in [4.69, 9.17) is 5.73 Å². The summed E-state index contributed by atoms with van der Waals surface area (Å²) >= 11 is 0. The maximum Gasteiger partial charge on any atom is 0.252 e. The number of pyridine rings is 1. The third-order valence-electron chi connectivity index (χ3n) is 3.54. The topological polar surface area (TPSA) is 80.0 Å². The van der Waals surface area contributed by atoms with E-state index in [1.54, 1.807) is 0 Å². The van der Waals surface area contributed by atoms with E-state index in [2.05, 4.69) is 15.6 Å². The molecule has 0 radical (unpaired) electrons. The van der Waals surface area contributed by atoms with E-state index in [0.717, 1.165) is 30.8 Å². The van der Waals surface area contributed by atoms with Crippen molar-refractivity contribution in [3.8, 4) is 0 Å². The van der Waals surface area contributed by atoms with Crippen LogP contribution in [0.4, 0.5) is 5.82 Å². The lowest BCUT2D eigenvalue weighted by Gasteiger charge is -2.14. The van der Waals surface area contributed by atoms with Gasteiger partial charge in [-0.15, -0.1) is 0 Å². The van der Waals surface area contributed by atoms with E-state index in [-0.39, 0.29) is 0 Å². The summed E-state index contributed by atoms with van der Waals surface area (Å²) in [7, 11) is 0. The van der Waals surface area contributed by atoms with Crippen molar-refractivity contribution in [2.24, 2.45) is 5.73 Å². The molecule has 0 saturated carbocycles. The van der Waals surface area contributed by atoms with Gasteiger partial charge in [0.25, 0.3) is 5.91 Å². The van der Waals surface area contributed by atoms with Crippen LogP contribution >= 0.6 is 0 Å². The molecule has 1 aliphatic rings. The Hall–Kier alpha value is -1.62. The van der Waals surface area contributed by atoms with Crippen LogP contribution in [0.1, 0.15) is 40.9 Å². The van der Waals surface area contributed by atoms with Crippen molar-refractivity contribution in [3.63, 3.8) is 0 Å². The maximum atomic E-state index is 11.5. The molecule has 2 heterocycles. The molecule has 1 fully saturated rings. The van der Waals surface area contributed by atoms with Gasteiger partial charge in [0, 0.05) is 18.3 Å². The summed E-state index contributed by atoms with van der Waals surface area (Å²) in [5.41, 5.74) is 7.70. The fraction of sp³-hybridized carbons (Fsp3) is 0.571. The lowest BCUT2D eigenvalue weighted by molar-refractivity contribution is 0.1000. The van der Waals surface area contributed by atoms with Gasteiger partial charge in [-0.05, 0) is 51.3 Å². The predicted octanol–water partition coefficient (Wildman–Crippen LogP) is 1.35. The number of hydrogen-bond acceptors (Lipinski definition) is 4. The number of nitrogens with one attached hydrogen (secondary N) is 2. The van der Waals surface area contributed by atoms with Crippen molar-refractivity contribution in [2.45, 2.75) is 39.2 Å². The number of anilines is 1. The second-order valence-electron chi connectivity index (χ2n) is 5.18. The highest BCUT2D eigenvalue weighted by Gasteiger charge is 2.16. The second-order valence-corrected chi connectivity index (χ2v) is 5.18. The normalized spacial score (nSPS) is 18.5. The molecule has 1 saturated heterocycles. The van der Waals surface area contributed by atoms with E-state index in [9.17, 15) is 4.79 Å². The minimum atomic E-state index is -0.425. The van der Waals surface area contributed by atoms with E-state index in [1.165, 1.54) is 12.8 Å². The molecule has 0 aliphatic carbocycles. The molecule has 5 heteroatoms. The van der Waals surface area contributed by atoms with Crippen LogP contribution in [0.15, 0.2) is 6.07 Å². The zero-order valence-electron chi connectivity index (χ0n) is 11.6. The monoisotopic (exact) mass is 262 g/mol. The number of rotatable bonds is 5. The van der Waals surface area contributed by atoms with E-state index in [1.807, 2.05) is 19.9 Å². The molecule has 0 spiro atoms. The molecular weight excluding hydrogens is 240 g/mol. The number of primary amides is 1. The van der Waals surface area contributed by atoms with Gasteiger partial charge in [0.2, 0.25) is 0 Å². The van der Waals surface area contributed by atoms with Gasteiger partial charge < -0.3 is 16.4 Å². The molecule has 19 heavy (non-hydrogen) atoms. The minimum absolute atomic E-state index is 0.425. The molecule has 0 unspecified atom stereocenters. The first-order valence-electron chi connectivity index (χ1n) is 6.83. The number of carbonyl (C=O) groups is 1. The molecule has 0 aromatic carbocycles. The van der Waals surface area contributed by atoms with Crippen molar-refractivity contribution in [1.29, 1.82) is 0 Å². The number of carbonyl (C=O) groups excluding carboxylic acids is 1. The quantitative estimate of drug-likeness (QED) is 0.748. The zero-order chi connectivity index (χ0) is 13.8. The highest BCUT2D eigenvalue weighted by Crippen LogP contribution is 2.18. The van der Waals surface area contributed by atoms with Crippen molar-refractivity contribution in [3.05, 3.63) is 22.9 Å². The Morgan fingerprint density at radius 3 is 3.00 bits per heavy atom. The molecule has 0 bridgehead atoms. The van der Waals surface area contributed by atoms with Crippen LogP contribution in [0.5, 0.6) is 0 Å². The first kappa shape index (κ1) is 13.8. The molecule has 1 aromatic rings. The van der Waals surface area contributed by atoms with Gasteiger partial charge in [0.15, 0.2) is 0 Å². The summed E-state index contributed by atoms with van der Waals surface area (Å²) in [4.78, 5) is 15.9. The highest BCUT2D eigenvalue weighted by molar-refractivity contribution is 5.99. The zero-order valence-corrected chi connectivity index (χ0v) is 11.6. The van der Waals surface area contributed by atoms with Crippen molar-refractivity contribution < 1.29 is 4.79 Å². The lowest BCUT2D eigenvalue weighted by atomic mass is 10.1. The Balaban J connectivity index is 2.03. The van der Waals surface area contributed by atoms with Crippen LogP contribution in [0.2, 0.25) is 0 Å². The maximum absolute atomic E-state index is 11.5. The predicted molar refractivity (Wildman–Crippen MR) is 76.4 cm³/mol. The Labute approximate surface area is 114 Å². The standard InChI is InChI=1S/C14H22N4O/c1-9-8-10(2)18-14(12(9)13(15)19)17-7-5-11-4-3-6-16-11/h8,11,16H,3-7H2,1-2H3,(H2,15,19)(H,17,18)/t11-/m0/s1. The Morgan fingerprint density at radius 2 is 2.37 bits per heavy atom. The van der Waals surface area contributed by atoms with Gasteiger partial charge in [0.05, 0.1) is 5.56 Å². The SMILES string of the molecule is Cc1cc(C)c(C(N)=O)c(NCC[C@@H]2CCCN2)n1. The van der Waals surface area contributed by atoms with Crippen molar-refractivity contribution in [1.82, 2.24) is 10.3 Å². The molecule has 1 atom stereocenters. The largest absolute Gasteiger partial charge is 0.369 e. The first-order valence-corrected chi connectivity index (χ1v) is 6.83. The van der Waals surface area contributed by atoms with Crippen molar-refractivity contribution >= 4 is 11.7 Å². The number of nitrogens with two attached hydrogens (primary N) is 1. The molecule has 104 valence electrons. The third-order valence-corrected chi connectivity index (χ3v) is 3.54. The minimum Gasteiger partial charge on any atom is -0.369 e. The molecule has 1 aromatic heterocycles. The number of aromatic nitrogens is 1. The molecule has 5 nitrogen and oxygen atoms in total. The average molecular weight is 262 g/mol. The summed E-state index contributed by atoms with van der Waals surface area (Å²) in [6.45, 7) is 5.72. The number of amides is 1. The van der Waals surface area contributed by atoms with E-state index < -0.39 is 5.91 Å². The number of aryl methyl sites for hydroxylation is 2. The van der Waals surface area contributed by atoms with E-state index in [0.29, 0.717) is 17.4 Å².